The molecule has 4 nitrogen and oxygen atoms in total. The second kappa shape index (κ2) is 5.51. The first-order valence-corrected chi connectivity index (χ1v) is 7.96. The molecular formula is C17H21ClN2O2. The van der Waals surface area contributed by atoms with Gasteiger partial charge in [-0.1, -0.05) is 23.7 Å². The molecule has 1 heterocycles. The molecule has 0 spiro atoms. The third-order valence-corrected chi connectivity index (χ3v) is 3.98. The summed E-state index contributed by atoms with van der Waals surface area (Å²) in [7, 11) is 0. The van der Waals surface area contributed by atoms with Crippen LogP contribution >= 0.6 is 11.6 Å². The zero-order chi connectivity index (χ0) is 15.9. The van der Waals surface area contributed by atoms with Gasteiger partial charge < -0.3 is 14.6 Å². The van der Waals surface area contributed by atoms with Crippen molar-refractivity contribution in [2.45, 2.75) is 51.8 Å². The van der Waals surface area contributed by atoms with Gasteiger partial charge in [-0.3, -0.25) is 0 Å². The van der Waals surface area contributed by atoms with Crippen molar-refractivity contribution in [3.8, 4) is 0 Å². The van der Waals surface area contributed by atoms with Crippen LogP contribution < -0.4 is 0 Å². The first kappa shape index (κ1) is 15.2. The van der Waals surface area contributed by atoms with Gasteiger partial charge in [0, 0.05) is 29.7 Å². The number of carbonyl (C=O) groups is 1. The third kappa shape index (κ3) is 3.38. The lowest BCUT2D eigenvalue weighted by molar-refractivity contribution is 0.0217. The molecule has 0 aliphatic heterocycles. The van der Waals surface area contributed by atoms with E-state index in [1.165, 1.54) is 0 Å². The van der Waals surface area contributed by atoms with E-state index in [4.69, 9.17) is 16.3 Å². The summed E-state index contributed by atoms with van der Waals surface area (Å²) in [6.45, 7) is 6.24. The molecule has 1 aromatic heterocycles. The van der Waals surface area contributed by atoms with Crippen LogP contribution in [0, 0.1) is 0 Å². The van der Waals surface area contributed by atoms with Crippen molar-refractivity contribution in [2.75, 3.05) is 0 Å². The highest BCUT2D eigenvalue weighted by atomic mass is 35.5. The van der Waals surface area contributed by atoms with E-state index in [0.717, 1.165) is 29.3 Å². The Kier molecular flexibility index (Phi) is 3.81. The summed E-state index contributed by atoms with van der Waals surface area (Å²) in [6.07, 6.45) is 3.65. The SMILES string of the molecule is CC(C)(C)OC(=O)N(Cc1ccc2c(Cl)c[nH]c2c1)C1CC1. The molecule has 1 saturated carbocycles. The molecule has 1 amide bonds. The summed E-state index contributed by atoms with van der Waals surface area (Å²) < 4.78 is 5.52. The summed E-state index contributed by atoms with van der Waals surface area (Å²) in [5, 5.41) is 1.72. The molecule has 0 radical (unpaired) electrons. The van der Waals surface area contributed by atoms with Crippen LogP contribution in [0.4, 0.5) is 4.79 Å². The summed E-state index contributed by atoms with van der Waals surface area (Å²) in [4.78, 5) is 17.4. The minimum Gasteiger partial charge on any atom is -0.444 e. The van der Waals surface area contributed by atoms with Crippen LogP contribution in [0.3, 0.4) is 0 Å². The normalized spacial score (nSPS) is 15.1. The van der Waals surface area contributed by atoms with Crippen LogP contribution in [0.5, 0.6) is 0 Å². The number of ether oxygens (including phenoxy) is 1. The highest BCUT2D eigenvalue weighted by Gasteiger charge is 2.35. The van der Waals surface area contributed by atoms with Crippen molar-refractivity contribution in [2.24, 2.45) is 0 Å². The van der Waals surface area contributed by atoms with Gasteiger partial charge in [0.15, 0.2) is 0 Å². The van der Waals surface area contributed by atoms with Crippen LogP contribution in [0.2, 0.25) is 5.02 Å². The average molecular weight is 321 g/mol. The Labute approximate surface area is 135 Å². The van der Waals surface area contributed by atoms with E-state index in [1.54, 1.807) is 6.20 Å². The molecule has 22 heavy (non-hydrogen) atoms. The highest BCUT2D eigenvalue weighted by Crippen LogP contribution is 2.31. The van der Waals surface area contributed by atoms with Crippen LogP contribution in [0.25, 0.3) is 10.9 Å². The molecule has 1 aromatic carbocycles. The number of nitrogens with zero attached hydrogens (tertiary/aromatic N) is 1. The second-order valence-electron chi connectivity index (χ2n) is 6.86. The number of aromatic nitrogens is 1. The molecule has 0 saturated heterocycles. The van der Waals surface area contributed by atoms with E-state index in [0.29, 0.717) is 17.6 Å². The van der Waals surface area contributed by atoms with E-state index in [-0.39, 0.29) is 6.09 Å². The van der Waals surface area contributed by atoms with E-state index in [1.807, 2.05) is 43.9 Å². The minimum atomic E-state index is -0.471. The average Bonchev–Trinajstić information content (AvgIpc) is 3.19. The van der Waals surface area contributed by atoms with Gasteiger partial charge >= 0.3 is 6.09 Å². The number of nitrogens with one attached hydrogen (secondary N) is 1. The fourth-order valence-electron chi connectivity index (χ4n) is 2.48. The Hall–Kier alpha value is -1.68. The first-order chi connectivity index (χ1) is 10.3. The number of hydrogen-bond acceptors (Lipinski definition) is 2. The topological polar surface area (TPSA) is 45.3 Å². The van der Waals surface area contributed by atoms with Gasteiger partial charge in [0.1, 0.15) is 5.60 Å². The van der Waals surface area contributed by atoms with E-state index in [9.17, 15) is 4.79 Å². The maximum Gasteiger partial charge on any atom is 0.410 e. The number of benzene rings is 1. The molecule has 1 aliphatic carbocycles. The second-order valence-corrected chi connectivity index (χ2v) is 7.26. The summed E-state index contributed by atoms with van der Waals surface area (Å²) in [5.74, 6) is 0. The smallest absolute Gasteiger partial charge is 0.410 e. The maximum atomic E-state index is 12.4. The van der Waals surface area contributed by atoms with Crippen molar-refractivity contribution in [3.05, 3.63) is 35.0 Å². The lowest BCUT2D eigenvalue weighted by Gasteiger charge is -2.27. The van der Waals surface area contributed by atoms with Crippen molar-refractivity contribution < 1.29 is 9.53 Å². The first-order valence-electron chi connectivity index (χ1n) is 7.58. The quantitative estimate of drug-likeness (QED) is 0.889. The number of halogens is 1. The monoisotopic (exact) mass is 320 g/mol. The molecule has 0 bridgehead atoms. The highest BCUT2D eigenvalue weighted by molar-refractivity contribution is 6.35. The molecule has 3 rings (SSSR count). The number of H-pyrrole nitrogens is 1. The molecule has 1 N–H and O–H groups in total. The lowest BCUT2D eigenvalue weighted by Crippen LogP contribution is -2.37. The maximum absolute atomic E-state index is 12.4. The van der Waals surface area contributed by atoms with Gasteiger partial charge in [-0.15, -0.1) is 0 Å². The third-order valence-electron chi connectivity index (χ3n) is 3.66. The number of rotatable bonds is 3. The Bertz CT molecular complexity index is 698. The van der Waals surface area contributed by atoms with E-state index in [2.05, 4.69) is 4.98 Å². The molecule has 0 unspecified atom stereocenters. The Morgan fingerprint density at radius 3 is 2.77 bits per heavy atom. The molecule has 0 atom stereocenters. The zero-order valence-corrected chi connectivity index (χ0v) is 13.9. The van der Waals surface area contributed by atoms with E-state index >= 15 is 0 Å². The fraction of sp³-hybridized carbons (Fsp3) is 0.471. The van der Waals surface area contributed by atoms with Gasteiger partial charge in [-0.25, -0.2) is 4.79 Å². The molecular weight excluding hydrogens is 300 g/mol. The molecule has 118 valence electrons. The Morgan fingerprint density at radius 2 is 2.14 bits per heavy atom. The number of hydrogen-bond donors (Lipinski definition) is 1. The fourth-order valence-corrected chi connectivity index (χ4v) is 2.70. The minimum absolute atomic E-state index is 0.236. The molecule has 5 heteroatoms. The number of amides is 1. The lowest BCUT2D eigenvalue weighted by atomic mass is 10.1. The number of fused-ring (bicyclic) bond motifs is 1. The summed E-state index contributed by atoms with van der Waals surface area (Å²) in [5.41, 5.74) is 1.59. The zero-order valence-electron chi connectivity index (χ0n) is 13.1. The van der Waals surface area contributed by atoms with Gasteiger partial charge in [0.05, 0.1) is 5.02 Å². The molecule has 2 aromatic rings. The van der Waals surface area contributed by atoms with Crippen molar-refractivity contribution in [3.63, 3.8) is 0 Å². The standard InChI is InChI=1S/C17H21ClN2O2/c1-17(2,3)22-16(21)20(12-5-6-12)10-11-4-7-13-14(18)9-19-15(13)8-11/h4,7-9,12,19H,5-6,10H2,1-3H3. The van der Waals surface area contributed by atoms with Crippen LogP contribution in [0.1, 0.15) is 39.2 Å². The predicted octanol–water partition coefficient (Wildman–Crippen LogP) is 4.72. The van der Waals surface area contributed by atoms with Crippen molar-refractivity contribution in [1.29, 1.82) is 0 Å². The van der Waals surface area contributed by atoms with Gasteiger partial charge in [-0.05, 0) is 45.2 Å². The Morgan fingerprint density at radius 1 is 1.41 bits per heavy atom. The summed E-state index contributed by atoms with van der Waals surface area (Å²) >= 11 is 6.10. The van der Waals surface area contributed by atoms with E-state index < -0.39 is 5.60 Å². The van der Waals surface area contributed by atoms with Crippen molar-refractivity contribution in [1.82, 2.24) is 9.88 Å². The Balaban J connectivity index is 1.79. The molecule has 1 aliphatic rings. The van der Waals surface area contributed by atoms with Gasteiger partial charge in [0.25, 0.3) is 0 Å². The summed E-state index contributed by atoms with van der Waals surface area (Å²) in [6, 6.07) is 6.35. The van der Waals surface area contributed by atoms with Crippen LogP contribution in [0.15, 0.2) is 24.4 Å². The largest absolute Gasteiger partial charge is 0.444 e. The van der Waals surface area contributed by atoms with Crippen LogP contribution in [-0.2, 0) is 11.3 Å². The van der Waals surface area contributed by atoms with Crippen molar-refractivity contribution >= 4 is 28.6 Å². The predicted molar refractivity (Wildman–Crippen MR) is 88.1 cm³/mol. The molecule has 1 fully saturated rings. The van der Waals surface area contributed by atoms with Crippen LogP contribution in [-0.4, -0.2) is 27.6 Å². The number of aromatic amines is 1. The number of carbonyl (C=O) groups excluding carboxylic acids is 1. The van der Waals surface area contributed by atoms with Gasteiger partial charge in [0.2, 0.25) is 0 Å². The van der Waals surface area contributed by atoms with Gasteiger partial charge in [-0.2, -0.15) is 0 Å².